The predicted molar refractivity (Wildman–Crippen MR) is 110 cm³/mol. The second kappa shape index (κ2) is 11.3. The fourth-order valence-electron chi connectivity index (χ4n) is 2.67. The Labute approximate surface area is 162 Å². The standard InChI is InChI=1S/C18H28N4O.HI/c1-22(2)17(23)14-20-18(21-16-10-6-7-11-16)19-13-12-15-8-4-3-5-9-15;/h3-5,8-9,16H,6-7,10-14H2,1-2H3,(H2,19,20,21);1H. The van der Waals surface area contributed by atoms with E-state index in [0.29, 0.717) is 6.04 Å². The van der Waals surface area contributed by atoms with Crippen LogP contribution in [0.5, 0.6) is 0 Å². The van der Waals surface area contributed by atoms with Crippen LogP contribution in [0.2, 0.25) is 0 Å². The van der Waals surface area contributed by atoms with Gasteiger partial charge in [0, 0.05) is 26.7 Å². The van der Waals surface area contributed by atoms with Crippen molar-refractivity contribution < 1.29 is 4.79 Å². The van der Waals surface area contributed by atoms with Crippen LogP contribution in [0.3, 0.4) is 0 Å². The van der Waals surface area contributed by atoms with E-state index in [1.54, 1.807) is 19.0 Å². The molecule has 1 aromatic rings. The first-order valence-corrected chi connectivity index (χ1v) is 8.44. The average molecular weight is 444 g/mol. The SMILES string of the molecule is CN(C)C(=O)CN=C(NCCc1ccccc1)NC1CCCC1.I. The molecule has 0 aliphatic heterocycles. The lowest BCUT2D eigenvalue weighted by atomic mass is 10.1. The number of carbonyl (C=O) groups excluding carboxylic acids is 1. The quantitative estimate of drug-likeness (QED) is 0.403. The number of nitrogens with zero attached hydrogens (tertiary/aromatic N) is 2. The number of rotatable bonds is 6. The molecule has 24 heavy (non-hydrogen) atoms. The van der Waals surface area contributed by atoms with E-state index >= 15 is 0 Å². The zero-order chi connectivity index (χ0) is 16.5. The molecule has 1 fully saturated rings. The highest BCUT2D eigenvalue weighted by molar-refractivity contribution is 14.0. The summed E-state index contributed by atoms with van der Waals surface area (Å²) < 4.78 is 0. The van der Waals surface area contributed by atoms with Crippen molar-refractivity contribution in [3.8, 4) is 0 Å². The van der Waals surface area contributed by atoms with Crippen LogP contribution in [0.4, 0.5) is 0 Å². The molecular weight excluding hydrogens is 415 g/mol. The third-order valence-corrected chi connectivity index (χ3v) is 4.12. The molecule has 0 spiro atoms. The molecule has 1 aliphatic rings. The Bertz CT molecular complexity index is 513. The van der Waals surface area contributed by atoms with Gasteiger partial charge in [-0.2, -0.15) is 0 Å². The van der Waals surface area contributed by atoms with Crippen LogP contribution in [0.25, 0.3) is 0 Å². The summed E-state index contributed by atoms with van der Waals surface area (Å²) in [4.78, 5) is 17.8. The van der Waals surface area contributed by atoms with Crippen molar-refractivity contribution in [1.29, 1.82) is 0 Å². The highest BCUT2D eigenvalue weighted by Crippen LogP contribution is 2.17. The highest BCUT2D eigenvalue weighted by atomic mass is 127. The minimum Gasteiger partial charge on any atom is -0.356 e. The molecule has 0 unspecified atom stereocenters. The molecule has 1 aromatic carbocycles. The molecule has 0 saturated heterocycles. The van der Waals surface area contributed by atoms with E-state index < -0.39 is 0 Å². The van der Waals surface area contributed by atoms with E-state index in [1.165, 1.54) is 31.2 Å². The molecule has 1 amide bonds. The van der Waals surface area contributed by atoms with Crippen LogP contribution >= 0.6 is 24.0 Å². The van der Waals surface area contributed by atoms with Gasteiger partial charge in [0.05, 0.1) is 0 Å². The number of guanidine groups is 1. The Balaban J connectivity index is 0.00000288. The Kier molecular flexibility index (Phi) is 9.75. The van der Waals surface area contributed by atoms with E-state index in [0.717, 1.165) is 18.9 Å². The van der Waals surface area contributed by atoms with Crippen LogP contribution in [0.15, 0.2) is 35.3 Å². The third kappa shape index (κ3) is 7.51. The summed E-state index contributed by atoms with van der Waals surface area (Å²) >= 11 is 0. The number of nitrogens with one attached hydrogen (secondary N) is 2. The fourth-order valence-corrected chi connectivity index (χ4v) is 2.67. The molecule has 2 N–H and O–H groups in total. The van der Waals surface area contributed by atoms with Gasteiger partial charge in [0.2, 0.25) is 5.91 Å². The van der Waals surface area contributed by atoms with Gasteiger partial charge < -0.3 is 15.5 Å². The molecule has 134 valence electrons. The van der Waals surface area contributed by atoms with Crippen LogP contribution in [0, 0.1) is 0 Å². The van der Waals surface area contributed by atoms with Crippen molar-refractivity contribution in [2.75, 3.05) is 27.2 Å². The molecule has 6 heteroatoms. The van der Waals surface area contributed by atoms with E-state index in [4.69, 9.17) is 0 Å². The summed E-state index contributed by atoms with van der Waals surface area (Å²) in [7, 11) is 3.51. The molecule has 0 heterocycles. The molecule has 0 radical (unpaired) electrons. The summed E-state index contributed by atoms with van der Waals surface area (Å²) in [5.41, 5.74) is 1.30. The Morgan fingerprint density at radius 1 is 1.21 bits per heavy atom. The molecule has 1 aliphatic carbocycles. The number of aliphatic imine (C=N–C) groups is 1. The van der Waals surface area contributed by atoms with Gasteiger partial charge in [0.25, 0.3) is 0 Å². The van der Waals surface area contributed by atoms with Crippen molar-refractivity contribution in [2.24, 2.45) is 4.99 Å². The first kappa shape index (κ1) is 20.7. The van der Waals surface area contributed by atoms with Gasteiger partial charge in [-0.25, -0.2) is 4.99 Å². The lowest BCUT2D eigenvalue weighted by Crippen LogP contribution is -2.43. The molecule has 0 bridgehead atoms. The second-order valence-corrected chi connectivity index (χ2v) is 6.24. The number of benzene rings is 1. The lowest BCUT2D eigenvalue weighted by molar-refractivity contribution is -0.127. The number of likely N-dealkylation sites (N-methyl/N-ethyl adjacent to an activating group) is 1. The smallest absolute Gasteiger partial charge is 0.243 e. The van der Waals surface area contributed by atoms with Gasteiger partial charge in [-0.15, -0.1) is 24.0 Å². The molecular formula is C18H29IN4O. The second-order valence-electron chi connectivity index (χ2n) is 6.24. The van der Waals surface area contributed by atoms with Crippen molar-refractivity contribution in [2.45, 2.75) is 38.1 Å². The molecule has 5 nitrogen and oxygen atoms in total. The number of hydrogen-bond donors (Lipinski definition) is 2. The summed E-state index contributed by atoms with van der Waals surface area (Å²) in [5.74, 6) is 0.767. The first-order valence-electron chi connectivity index (χ1n) is 8.44. The molecule has 0 atom stereocenters. The largest absolute Gasteiger partial charge is 0.356 e. The number of halogens is 1. The van der Waals surface area contributed by atoms with Gasteiger partial charge in [-0.05, 0) is 24.8 Å². The van der Waals surface area contributed by atoms with Gasteiger partial charge in [-0.1, -0.05) is 43.2 Å². The monoisotopic (exact) mass is 444 g/mol. The van der Waals surface area contributed by atoms with E-state index in [1.807, 2.05) is 6.07 Å². The van der Waals surface area contributed by atoms with Crippen molar-refractivity contribution in [1.82, 2.24) is 15.5 Å². The lowest BCUT2D eigenvalue weighted by Gasteiger charge is -2.18. The molecule has 0 aromatic heterocycles. The normalized spacial score (nSPS) is 14.8. The Hall–Kier alpha value is -1.31. The Morgan fingerprint density at radius 3 is 2.50 bits per heavy atom. The van der Waals surface area contributed by atoms with Crippen LogP contribution in [-0.4, -0.2) is 50.0 Å². The van der Waals surface area contributed by atoms with Gasteiger partial charge >= 0.3 is 0 Å². The van der Waals surface area contributed by atoms with Crippen molar-refractivity contribution in [3.63, 3.8) is 0 Å². The van der Waals surface area contributed by atoms with Gasteiger partial charge in [0.1, 0.15) is 6.54 Å². The van der Waals surface area contributed by atoms with Crippen molar-refractivity contribution in [3.05, 3.63) is 35.9 Å². The zero-order valence-corrected chi connectivity index (χ0v) is 17.0. The van der Waals surface area contributed by atoms with E-state index in [9.17, 15) is 4.79 Å². The van der Waals surface area contributed by atoms with Crippen molar-refractivity contribution >= 4 is 35.8 Å². The molecule has 1 saturated carbocycles. The van der Waals surface area contributed by atoms with E-state index in [-0.39, 0.29) is 36.4 Å². The van der Waals surface area contributed by atoms with Crippen LogP contribution in [-0.2, 0) is 11.2 Å². The molecule has 2 rings (SSSR count). The number of carbonyl (C=O) groups is 1. The van der Waals surface area contributed by atoms with Gasteiger partial charge in [0.15, 0.2) is 5.96 Å². The van der Waals surface area contributed by atoms with Gasteiger partial charge in [-0.3, -0.25) is 4.79 Å². The third-order valence-electron chi connectivity index (χ3n) is 4.12. The highest BCUT2D eigenvalue weighted by Gasteiger charge is 2.16. The topological polar surface area (TPSA) is 56.7 Å². The number of amides is 1. The van der Waals surface area contributed by atoms with E-state index in [2.05, 4.69) is 39.9 Å². The minimum absolute atomic E-state index is 0. The fraction of sp³-hybridized carbons (Fsp3) is 0.556. The summed E-state index contributed by atoms with van der Waals surface area (Å²) in [6.07, 6.45) is 5.84. The average Bonchev–Trinajstić information content (AvgIpc) is 3.06. The maximum absolute atomic E-state index is 11.7. The minimum atomic E-state index is 0. The first-order chi connectivity index (χ1) is 11.1. The van der Waals surface area contributed by atoms with Crippen LogP contribution in [0.1, 0.15) is 31.2 Å². The number of hydrogen-bond acceptors (Lipinski definition) is 2. The zero-order valence-electron chi connectivity index (χ0n) is 14.6. The summed E-state index contributed by atoms with van der Waals surface area (Å²) in [6, 6.07) is 10.9. The summed E-state index contributed by atoms with van der Waals surface area (Å²) in [5, 5.41) is 6.82. The Morgan fingerprint density at radius 2 is 1.88 bits per heavy atom. The maximum Gasteiger partial charge on any atom is 0.243 e. The van der Waals surface area contributed by atoms with Crippen LogP contribution < -0.4 is 10.6 Å². The maximum atomic E-state index is 11.7. The predicted octanol–water partition coefficient (Wildman–Crippen LogP) is 2.41. The summed E-state index contributed by atoms with van der Waals surface area (Å²) in [6.45, 7) is 0.985.